The first kappa shape index (κ1) is 55.3. The maximum Gasteiger partial charge on any atom is 0.326 e. The number of carboxylic acids is 1. The molecule has 14 N–H and O–H groups in total. The van der Waals surface area contributed by atoms with E-state index in [1.165, 1.54) is 19.1 Å². The number of carboxylic acid groups (broad SMARTS) is 1. The lowest BCUT2D eigenvalue weighted by Crippen LogP contribution is -2.61. The van der Waals surface area contributed by atoms with Crippen LogP contribution in [-0.4, -0.2) is 129 Å². The molecule has 2 heterocycles. The maximum atomic E-state index is 14.7. The SMILES string of the molecule is CC(C)[C@H](NC(=O)[C@@H]1CSSCC(NC(=O)[C@H](C)N)C(=O)N[C@@H](Cc2ccccc2)C(=O)N[C@@H](Cc2c[nH]c3ccccc23)C(=O)NC(CCCCN)C(=O)NC(Cc2ccc(O)cc2)C(=O)N1)C(=O)O. The van der Waals surface area contributed by atoms with Crippen molar-refractivity contribution in [3.05, 3.63) is 102 Å². The van der Waals surface area contributed by atoms with Crippen molar-refractivity contribution < 1.29 is 48.6 Å². The average Bonchev–Trinajstić information content (AvgIpc) is 3.75. The van der Waals surface area contributed by atoms with Gasteiger partial charge in [-0.15, -0.1) is 0 Å². The van der Waals surface area contributed by atoms with Gasteiger partial charge in [0.15, 0.2) is 0 Å². The first-order chi connectivity index (χ1) is 33.9. The second-order valence-corrected chi connectivity index (χ2v) is 20.3. The number of hydrogen-bond donors (Lipinski definition) is 12. The normalized spacial score (nSPS) is 21.9. The van der Waals surface area contributed by atoms with Crippen LogP contribution in [0.1, 0.15) is 56.7 Å². The fourth-order valence-corrected chi connectivity index (χ4v) is 9.99. The van der Waals surface area contributed by atoms with Crippen molar-refractivity contribution in [1.82, 2.24) is 42.2 Å². The second kappa shape index (κ2) is 27.1. The van der Waals surface area contributed by atoms with Crippen LogP contribution in [0.3, 0.4) is 0 Å². The molecule has 4 aromatic rings. The lowest BCUT2D eigenvalue weighted by Gasteiger charge is -2.29. The summed E-state index contributed by atoms with van der Waals surface area (Å²) in [7, 11) is 2.07. The van der Waals surface area contributed by atoms with Crippen LogP contribution in [0.5, 0.6) is 5.75 Å². The molecule has 0 bridgehead atoms. The summed E-state index contributed by atoms with van der Waals surface area (Å²) in [5.41, 5.74) is 14.3. The molecule has 0 radical (unpaired) electrons. The van der Waals surface area contributed by atoms with Gasteiger partial charge in [0.25, 0.3) is 0 Å². The molecule has 1 aromatic heterocycles. The Morgan fingerprint density at radius 3 is 1.86 bits per heavy atom. The van der Waals surface area contributed by atoms with E-state index >= 15 is 0 Å². The van der Waals surface area contributed by atoms with Gasteiger partial charge in [0.2, 0.25) is 41.4 Å². The maximum absolute atomic E-state index is 14.7. The van der Waals surface area contributed by atoms with Gasteiger partial charge in [-0.2, -0.15) is 0 Å². The van der Waals surface area contributed by atoms with Gasteiger partial charge in [-0.3, -0.25) is 33.6 Å². The van der Waals surface area contributed by atoms with Gasteiger partial charge < -0.3 is 63.9 Å². The molecular weight excluding hydrogens is 953 g/mol. The van der Waals surface area contributed by atoms with Gasteiger partial charge in [0.05, 0.1) is 6.04 Å². The molecule has 71 heavy (non-hydrogen) atoms. The van der Waals surface area contributed by atoms with Crippen molar-refractivity contribution in [3.8, 4) is 5.75 Å². The highest BCUT2D eigenvalue weighted by Gasteiger charge is 2.36. The van der Waals surface area contributed by atoms with Crippen LogP contribution in [0.25, 0.3) is 10.9 Å². The standard InChI is InChI=1S/C49H64N10O10S2/c1-27(2)41(49(68)69)59-48(67)40-26-71-70-25-39(57-42(61)28(3)51)47(66)55-36(21-29-11-5-4-6-12-29)44(63)56-38(23-31-24-52-34-14-8-7-13-33(31)34)46(65)53-35(15-9-10-20-50)43(62)54-37(45(64)58-40)22-30-16-18-32(60)19-17-30/h4-8,11-14,16-19,24,27-28,35-41,52,60H,9-10,15,20-23,25-26,50-51H2,1-3H3,(H,53,65)(H,54,62)(H,55,66)(H,56,63)(H,57,61)(H,58,64)(H,59,67)(H,68,69)/t28-,35?,36-,37?,38-,39?,40-,41-/m0/s1. The van der Waals surface area contributed by atoms with E-state index in [1.54, 1.807) is 62.5 Å². The number of aromatic hydroxyl groups is 1. The minimum absolute atomic E-state index is 0.0353. The number of nitrogens with two attached hydrogens (primary N) is 2. The molecule has 0 saturated carbocycles. The van der Waals surface area contributed by atoms with Gasteiger partial charge in [0, 0.05) is 47.9 Å². The van der Waals surface area contributed by atoms with E-state index in [4.69, 9.17) is 11.5 Å². The quantitative estimate of drug-likeness (QED) is 0.0549. The number of para-hydroxylation sites is 1. The predicted molar refractivity (Wildman–Crippen MR) is 271 cm³/mol. The lowest BCUT2D eigenvalue weighted by molar-refractivity contribution is -0.143. The molecular formula is C49H64N10O10S2. The molecule has 20 nitrogen and oxygen atoms in total. The van der Waals surface area contributed by atoms with E-state index in [0.29, 0.717) is 29.5 Å². The number of phenols is 1. The molecule has 1 aliphatic rings. The van der Waals surface area contributed by atoms with Crippen LogP contribution < -0.4 is 48.7 Å². The van der Waals surface area contributed by atoms with Crippen molar-refractivity contribution in [3.63, 3.8) is 0 Å². The van der Waals surface area contributed by atoms with Gasteiger partial charge in [-0.25, -0.2) is 4.79 Å². The molecule has 3 unspecified atom stereocenters. The average molecular weight is 1020 g/mol. The Bertz CT molecular complexity index is 2470. The molecule has 3 aromatic carbocycles. The highest BCUT2D eigenvalue weighted by atomic mass is 33.1. The summed E-state index contributed by atoms with van der Waals surface area (Å²) in [5, 5.41) is 39.8. The third-order valence-electron chi connectivity index (χ3n) is 11.7. The summed E-state index contributed by atoms with van der Waals surface area (Å²) in [6.07, 6.45) is 2.35. The molecule has 0 aliphatic carbocycles. The summed E-state index contributed by atoms with van der Waals surface area (Å²) >= 11 is 0. The number of fused-ring (bicyclic) bond motifs is 1. The largest absolute Gasteiger partial charge is 0.508 e. The number of hydrogen-bond acceptors (Lipinski definition) is 13. The number of aromatic nitrogens is 1. The third-order valence-corrected chi connectivity index (χ3v) is 14.1. The third kappa shape index (κ3) is 16.8. The number of carbonyl (C=O) groups excluding carboxylic acids is 7. The van der Waals surface area contributed by atoms with Gasteiger partial charge in [0.1, 0.15) is 48.0 Å². The van der Waals surface area contributed by atoms with E-state index < -0.39 is 102 Å². The number of nitrogens with one attached hydrogen (secondary N) is 8. The number of aromatic amines is 1. The Balaban J connectivity index is 1.60. The molecule has 1 fully saturated rings. The Morgan fingerprint density at radius 2 is 1.24 bits per heavy atom. The number of unbranched alkanes of at least 4 members (excludes halogenated alkanes) is 1. The summed E-state index contributed by atoms with van der Waals surface area (Å²) in [5.74, 6) is -7.69. The smallest absolute Gasteiger partial charge is 0.326 e. The minimum Gasteiger partial charge on any atom is -0.508 e. The molecule has 5 rings (SSSR count). The van der Waals surface area contributed by atoms with E-state index in [9.17, 15) is 48.6 Å². The topological polar surface area (TPSA) is 329 Å². The zero-order chi connectivity index (χ0) is 51.6. The Labute approximate surface area is 419 Å². The summed E-state index contributed by atoms with van der Waals surface area (Å²) in [4.78, 5) is 115. The summed E-state index contributed by atoms with van der Waals surface area (Å²) < 4.78 is 0. The number of aliphatic carboxylic acids is 1. The van der Waals surface area contributed by atoms with E-state index in [1.807, 2.05) is 24.3 Å². The van der Waals surface area contributed by atoms with Gasteiger partial charge in [-0.05, 0) is 73.5 Å². The lowest BCUT2D eigenvalue weighted by atomic mass is 10.0. The minimum atomic E-state index is -1.42. The van der Waals surface area contributed by atoms with Crippen LogP contribution in [0.15, 0.2) is 85.1 Å². The fourth-order valence-electron chi connectivity index (χ4n) is 7.66. The van der Waals surface area contributed by atoms with Crippen LogP contribution in [0.4, 0.5) is 0 Å². The molecule has 8 atom stereocenters. The van der Waals surface area contributed by atoms with Crippen molar-refractivity contribution >= 4 is 79.8 Å². The zero-order valence-electron chi connectivity index (χ0n) is 39.8. The Kier molecular flexibility index (Phi) is 21.1. The van der Waals surface area contributed by atoms with E-state index in [2.05, 4.69) is 42.2 Å². The number of benzene rings is 3. The summed E-state index contributed by atoms with van der Waals surface area (Å²) in [6, 6.07) is 11.7. The van der Waals surface area contributed by atoms with E-state index in [-0.39, 0.29) is 49.5 Å². The molecule has 1 saturated heterocycles. The van der Waals surface area contributed by atoms with Gasteiger partial charge >= 0.3 is 5.97 Å². The van der Waals surface area contributed by atoms with Crippen LogP contribution in [-0.2, 0) is 57.6 Å². The molecule has 1 aliphatic heterocycles. The molecule has 0 spiro atoms. The molecule has 22 heteroatoms. The number of rotatable bonds is 16. The first-order valence-electron chi connectivity index (χ1n) is 23.4. The van der Waals surface area contributed by atoms with Crippen molar-refractivity contribution in [2.75, 3.05) is 18.1 Å². The number of H-pyrrole nitrogens is 1. The number of phenolic OH excluding ortho intramolecular Hbond substituents is 1. The van der Waals surface area contributed by atoms with E-state index in [0.717, 1.165) is 32.5 Å². The van der Waals surface area contributed by atoms with Crippen LogP contribution >= 0.6 is 21.6 Å². The Hall–Kier alpha value is -6.62. The van der Waals surface area contributed by atoms with Crippen molar-refractivity contribution in [2.45, 2.75) is 108 Å². The second-order valence-electron chi connectivity index (χ2n) is 17.7. The number of carbonyl (C=O) groups is 8. The first-order valence-corrected chi connectivity index (χ1v) is 25.8. The zero-order valence-corrected chi connectivity index (χ0v) is 41.4. The fraction of sp³-hybridized carbons (Fsp3) is 0.429. The van der Waals surface area contributed by atoms with Crippen molar-refractivity contribution in [1.29, 1.82) is 0 Å². The molecule has 7 amide bonds. The Morgan fingerprint density at radius 1 is 0.690 bits per heavy atom. The highest BCUT2D eigenvalue weighted by Crippen LogP contribution is 2.25. The van der Waals surface area contributed by atoms with Gasteiger partial charge in [-0.1, -0.05) is 96.1 Å². The predicted octanol–water partition coefficient (Wildman–Crippen LogP) is 0.907. The summed E-state index contributed by atoms with van der Waals surface area (Å²) in [6.45, 7) is 4.90. The number of amides is 7. The molecule has 382 valence electrons. The highest BCUT2D eigenvalue weighted by molar-refractivity contribution is 8.76. The monoisotopic (exact) mass is 1020 g/mol. The van der Waals surface area contributed by atoms with Crippen molar-refractivity contribution in [2.24, 2.45) is 17.4 Å². The van der Waals surface area contributed by atoms with Crippen LogP contribution in [0.2, 0.25) is 0 Å². The van der Waals surface area contributed by atoms with Crippen LogP contribution in [0, 0.1) is 5.92 Å².